The van der Waals surface area contributed by atoms with Crippen LogP contribution in [0.15, 0.2) is 0 Å². The average molecular weight is 129 g/mol. The predicted octanol–water partition coefficient (Wildman–Crippen LogP) is 0.305. The molecule has 52 valence electrons. The van der Waals surface area contributed by atoms with Gasteiger partial charge in [-0.05, 0) is 0 Å². The summed E-state index contributed by atoms with van der Waals surface area (Å²) in [5.74, 6) is -0.403. The largest absolute Gasteiger partial charge is 0.296 e. The highest BCUT2D eigenvalue weighted by molar-refractivity contribution is 6.03. The molecule has 0 spiro atoms. The van der Waals surface area contributed by atoms with Gasteiger partial charge in [0.1, 0.15) is 0 Å². The zero-order valence-corrected chi connectivity index (χ0v) is 4.60. The highest BCUT2D eigenvalue weighted by Crippen LogP contribution is 2.07. The van der Waals surface area contributed by atoms with Gasteiger partial charge in [-0.15, -0.1) is 0 Å². The van der Waals surface area contributed by atoms with Crippen molar-refractivity contribution in [3.8, 4) is 0 Å². The van der Waals surface area contributed by atoms with Crippen molar-refractivity contribution in [1.29, 1.82) is 0 Å². The van der Waals surface area contributed by atoms with E-state index in [0.717, 1.165) is 0 Å². The fraction of sp³-hybridized carbons (Fsp3) is 0.667. The lowest BCUT2D eigenvalue weighted by Crippen LogP contribution is -2.20. The lowest BCUT2D eigenvalue weighted by molar-refractivity contribution is -0.125. The first-order valence-electron chi connectivity index (χ1n) is 2.54. The summed E-state index contributed by atoms with van der Waals surface area (Å²) in [6, 6.07) is 0. The molecular formula is C6H11NO2. The molecule has 1 atom stereocenters. The molecule has 1 aliphatic heterocycles. The quantitative estimate of drug-likeness (QED) is 0.478. The number of hydrogen-bond acceptors (Lipinski definition) is 2. The Hall–Kier alpha value is -0.860. The fourth-order valence-electron chi connectivity index (χ4n) is 0.682. The maximum atomic E-state index is 10.5. The van der Waals surface area contributed by atoms with Crippen LogP contribution in [0, 0.1) is 5.92 Å². The van der Waals surface area contributed by atoms with Crippen LogP contribution < -0.4 is 5.32 Å². The van der Waals surface area contributed by atoms with E-state index < -0.39 is 0 Å². The van der Waals surface area contributed by atoms with Gasteiger partial charge in [0, 0.05) is 12.3 Å². The first-order valence-corrected chi connectivity index (χ1v) is 2.54. The molecule has 1 fully saturated rings. The predicted molar refractivity (Wildman–Crippen MR) is 33.7 cm³/mol. The van der Waals surface area contributed by atoms with Crippen molar-refractivity contribution < 1.29 is 9.59 Å². The highest BCUT2D eigenvalue weighted by Gasteiger charge is 2.25. The first-order chi connectivity index (χ1) is 3.70. The Morgan fingerprint density at radius 3 is 2.22 bits per heavy atom. The highest BCUT2D eigenvalue weighted by atomic mass is 16.2. The lowest BCUT2D eigenvalue weighted by atomic mass is 10.1. The molecule has 1 unspecified atom stereocenters. The molecule has 0 bridgehead atoms. The van der Waals surface area contributed by atoms with Crippen molar-refractivity contribution in [3.63, 3.8) is 0 Å². The van der Waals surface area contributed by atoms with E-state index in [1.165, 1.54) is 0 Å². The fourth-order valence-corrected chi connectivity index (χ4v) is 0.682. The molecule has 1 rings (SSSR count). The van der Waals surface area contributed by atoms with Gasteiger partial charge < -0.3 is 0 Å². The summed E-state index contributed by atoms with van der Waals surface area (Å²) in [6.07, 6.45) is 0.360. The molecule has 1 saturated heterocycles. The Bertz CT molecular complexity index is 142. The van der Waals surface area contributed by atoms with Crippen LogP contribution in [0.25, 0.3) is 0 Å². The molecule has 0 aliphatic carbocycles. The second-order valence-corrected chi connectivity index (χ2v) is 2.02. The van der Waals surface area contributed by atoms with Crippen LogP contribution in [-0.2, 0) is 9.59 Å². The van der Waals surface area contributed by atoms with Gasteiger partial charge >= 0.3 is 0 Å². The summed E-state index contributed by atoms with van der Waals surface area (Å²) in [5.41, 5.74) is 0. The molecule has 1 aliphatic rings. The second kappa shape index (κ2) is 2.62. The van der Waals surface area contributed by atoms with E-state index in [9.17, 15) is 9.59 Å². The zero-order chi connectivity index (χ0) is 6.15. The van der Waals surface area contributed by atoms with Crippen LogP contribution in [0.1, 0.15) is 20.8 Å². The van der Waals surface area contributed by atoms with Gasteiger partial charge in [-0.2, -0.15) is 0 Å². The van der Waals surface area contributed by atoms with E-state index >= 15 is 0 Å². The minimum atomic E-state index is -0.150. The summed E-state index contributed by atoms with van der Waals surface area (Å²) in [7, 11) is 0. The minimum absolute atomic E-state index is 0. The van der Waals surface area contributed by atoms with Gasteiger partial charge in [0.25, 0.3) is 0 Å². The van der Waals surface area contributed by atoms with E-state index in [-0.39, 0.29) is 25.2 Å². The van der Waals surface area contributed by atoms with Crippen LogP contribution in [0.3, 0.4) is 0 Å². The van der Waals surface area contributed by atoms with Crippen molar-refractivity contribution in [3.05, 3.63) is 0 Å². The summed E-state index contributed by atoms with van der Waals surface area (Å²) in [6.45, 7) is 1.74. The molecule has 1 N–H and O–H groups in total. The summed E-state index contributed by atoms with van der Waals surface area (Å²) in [5, 5.41) is 2.19. The SMILES string of the molecule is C.CC1CC(=O)NC1=O. The minimum Gasteiger partial charge on any atom is -0.296 e. The molecule has 3 heteroatoms. The number of rotatable bonds is 0. The third-order valence-corrected chi connectivity index (χ3v) is 1.20. The van der Waals surface area contributed by atoms with Crippen molar-refractivity contribution in [2.24, 2.45) is 5.92 Å². The van der Waals surface area contributed by atoms with Crippen LogP contribution in [0.5, 0.6) is 0 Å². The Kier molecular flexibility index (Phi) is 2.37. The van der Waals surface area contributed by atoms with Crippen LogP contribution in [0.2, 0.25) is 0 Å². The van der Waals surface area contributed by atoms with E-state index in [0.29, 0.717) is 6.42 Å². The van der Waals surface area contributed by atoms with Gasteiger partial charge in [0.2, 0.25) is 11.8 Å². The number of amides is 2. The average Bonchev–Trinajstić information content (AvgIpc) is 1.85. The molecular weight excluding hydrogens is 118 g/mol. The van der Waals surface area contributed by atoms with Crippen molar-refractivity contribution in [2.45, 2.75) is 20.8 Å². The van der Waals surface area contributed by atoms with Crippen molar-refractivity contribution in [2.75, 3.05) is 0 Å². The third kappa shape index (κ3) is 1.52. The molecule has 0 saturated carbocycles. The van der Waals surface area contributed by atoms with Crippen LogP contribution in [-0.4, -0.2) is 11.8 Å². The molecule has 3 nitrogen and oxygen atoms in total. The summed E-state index contributed by atoms with van der Waals surface area (Å²) >= 11 is 0. The van der Waals surface area contributed by atoms with Crippen LogP contribution >= 0.6 is 0 Å². The van der Waals surface area contributed by atoms with Gasteiger partial charge in [0.05, 0.1) is 0 Å². The van der Waals surface area contributed by atoms with Gasteiger partial charge in [-0.3, -0.25) is 14.9 Å². The van der Waals surface area contributed by atoms with E-state index in [1.54, 1.807) is 6.92 Å². The Labute approximate surface area is 54.4 Å². The van der Waals surface area contributed by atoms with E-state index in [1.807, 2.05) is 0 Å². The topological polar surface area (TPSA) is 46.2 Å². The molecule has 0 radical (unpaired) electrons. The molecule has 0 aromatic rings. The second-order valence-electron chi connectivity index (χ2n) is 2.02. The number of carbonyl (C=O) groups is 2. The molecule has 2 amide bonds. The maximum Gasteiger partial charge on any atom is 0.229 e. The molecule has 1 heterocycles. The standard InChI is InChI=1S/C5H7NO2.CH4/c1-3-2-4(7)6-5(3)8;/h3H,2H2,1H3,(H,6,7,8);1H4. The first kappa shape index (κ1) is 8.14. The number of carbonyl (C=O) groups excluding carboxylic acids is 2. The Balaban J connectivity index is 0.000000640. The summed E-state index contributed by atoms with van der Waals surface area (Å²) < 4.78 is 0. The van der Waals surface area contributed by atoms with Crippen LogP contribution in [0.4, 0.5) is 0 Å². The Morgan fingerprint density at radius 2 is 2.11 bits per heavy atom. The van der Waals surface area contributed by atoms with Gasteiger partial charge in [0.15, 0.2) is 0 Å². The normalized spacial score (nSPS) is 25.2. The van der Waals surface area contributed by atoms with Crippen molar-refractivity contribution in [1.82, 2.24) is 5.32 Å². The number of nitrogens with one attached hydrogen (secondary N) is 1. The monoisotopic (exact) mass is 129 g/mol. The summed E-state index contributed by atoms with van der Waals surface area (Å²) in [4.78, 5) is 20.8. The molecule has 0 aromatic heterocycles. The van der Waals surface area contributed by atoms with E-state index in [2.05, 4.69) is 5.32 Å². The van der Waals surface area contributed by atoms with Gasteiger partial charge in [-0.25, -0.2) is 0 Å². The Morgan fingerprint density at radius 1 is 1.56 bits per heavy atom. The van der Waals surface area contributed by atoms with E-state index in [4.69, 9.17) is 0 Å². The lowest BCUT2D eigenvalue weighted by Gasteiger charge is -1.88. The van der Waals surface area contributed by atoms with Gasteiger partial charge in [-0.1, -0.05) is 14.4 Å². The third-order valence-electron chi connectivity index (χ3n) is 1.20. The zero-order valence-electron chi connectivity index (χ0n) is 4.60. The number of imide groups is 1. The van der Waals surface area contributed by atoms with Crippen molar-refractivity contribution >= 4 is 11.8 Å². The smallest absolute Gasteiger partial charge is 0.229 e. The molecule has 0 aromatic carbocycles. The number of hydrogen-bond donors (Lipinski definition) is 1. The maximum absolute atomic E-state index is 10.5. The molecule has 9 heavy (non-hydrogen) atoms.